The number of hydrogen-bond donors (Lipinski definition) is 1. The minimum Gasteiger partial charge on any atom is -0.550 e. The molecule has 0 fully saturated rings. The number of rotatable bonds is 5. The van der Waals surface area contributed by atoms with E-state index in [0.717, 1.165) is 0 Å². The van der Waals surface area contributed by atoms with Crippen LogP contribution in [0.2, 0.25) is 0 Å². The molecule has 0 aliphatic carbocycles. The van der Waals surface area contributed by atoms with E-state index < -0.39 is 24.5 Å². The van der Waals surface area contributed by atoms with Gasteiger partial charge in [-0.1, -0.05) is 0 Å². The second kappa shape index (κ2) is 7.32. The first-order valence-electron chi connectivity index (χ1n) is 3.10. The Labute approximate surface area is 85.5 Å². The predicted octanol–water partition coefficient (Wildman–Crippen LogP) is -3.36. The Hall–Kier alpha value is -0.334. The zero-order chi connectivity index (χ0) is 8.85. The van der Waals surface area contributed by atoms with E-state index in [-0.39, 0.29) is 35.9 Å². The molecule has 6 heteroatoms. The molecule has 0 amide bonds. The van der Waals surface area contributed by atoms with Gasteiger partial charge in [-0.25, -0.2) is 0 Å². The zero-order valence-electron chi connectivity index (χ0n) is 6.49. The van der Waals surface area contributed by atoms with Crippen LogP contribution in [0.3, 0.4) is 0 Å². The van der Waals surface area contributed by atoms with Gasteiger partial charge in [-0.15, -0.1) is 0 Å². The van der Waals surface area contributed by atoms with E-state index in [1.54, 1.807) is 0 Å². The summed E-state index contributed by atoms with van der Waals surface area (Å²) >= 11 is 0. The van der Waals surface area contributed by atoms with Gasteiger partial charge >= 0.3 is 23.1 Å². The third kappa shape index (κ3) is 9.67. The molecule has 0 saturated carbocycles. The van der Waals surface area contributed by atoms with Crippen molar-refractivity contribution in [1.82, 2.24) is 0 Å². The largest absolute Gasteiger partial charge is 2.00 e. The first-order valence-corrected chi connectivity index (χ1v) is 3.10. The number of hydrogen-bond acceptors (Lipinski definition) is 5. The standard InChI is InChI=1S/C6H10O5.Mg/c7-4(3-6(10)11)1-2-5(8)9;/h4,7H,1-3H2,(H,8,9)(H,10,11);/q;+2/p-2. The maximum atomic E-state index is 9.82. The fraction of sp³-hybridized carbons (Fsp3) is 0.667. The van der Waals surface area contributed by atoms with E-state index in [9.17, 15) is 19.8 Å². The van der Waals surface area contributed by atoms with Crippen molar-refractivity contribution in [2.45, 2.75) is 25.4 Å². The van der Waals surface area contributed by atoms with Gasteiger partial charge in [0.15, 0.2) is 0 Å². The van der Waals surface area contributed by atoms with Gasteiger partial charge in [-0.05, 0) is 12.8 Å². The molecule has 0 saturated heterocycles. The Morgan fingerprint density at radius 1 is 1.25 bits per heavy atom. The van der Waals surface area contributed by atoms with Crippen LogP contribution in [0.15, 0.2) is 0 Å². The quantitative estimate of drug-likeness (QED) is 0.450. The van der Waals surface area contributed by atoms with Crippen LogP contribution in [-0.4, -0.2) is 46.2 Å². The van der Waals surface area contributed by atoms with Crippen LogP contribution in [0.5, 0.6) is 0 Å². The molecule has 1 N–H and O–H groups in total. The first kappa shape index (κ1) is 14.2. The third-order valence-electron chi connectivity index (χ3n) is 1.08. The van der Waals surface area contributed by atoms with Gasteiger partial charge in [0, 0.05) is 18.4 Å². The Kier molecular flexibility index (Phi) is 8.67. The fourth-order valence-corrected chi connectivity index (χ4v) is 0.579. The van der Waals surface area contributed by atoms with Gasteiger partial charge in [0.05, 0.1) is 6.10 Å². The Bertz CT molecular complexity index is 158. The molecule has 0 aliphatic rings. The SMILES string of the molecule is O=C([O-])CCC(O)CC(=O)[O-].[Mg+2]. The summed E-state index contributed by atoms with van der Waals surface area (Å²) in [5.41, 5.74) is 0. The summed E-state index contributed by atoms with van der Waals surface area (Å²) in [4.78, 5) is 19.6. The molecule has 0 spiro atoms. The molecule has 0 radical (unpaired) electrons. The van der Waals surface area contributed by atoms with Gasteiger partial charge in [-0.2, -0.15) is 0 Å². The van der Waals surface area contributed by atoms with E-state index in [1.165, 1.54) is 0 Å². The van der Waals surface area contributed by atoms with Crippen LogP contribution in [0.1, 0.15) is 19.3 Å². The molecule has 0 heterocycles. The molecule has 1 unspecified atom stereocenters. The minimum absolute atomic E-state index is 0. The Balaban J connectivity index is 0. The van der Waals surface area contributed by atoms with Crippen molar-refractivity contribution >= 4 is 35.0 Å². The molecule has 12 heavy (non-hydrogen) atoms. The smallest absolute Gasteiger partial charge is 0.550 e. The van der Waals surface area contributed by atoms with Crippen molar-refractivity contribution in [1.29, 1.82) is 0 Å². The van der Waals surface area contributed by atoms with Gasteiger partial charge in [0.2, 0.25) is 0 Å². The predicted molar refractivity (Wildman–Crippen MR) is 35.6 cm³/mol. The third-order valence-corrected chi connectivity index (χ3v) is 1.08. The van der Waals surface area contributed by atoms with Crippen LogP contribution >= 0.6 is 0 Å². The number of carboxylic acid groups (broad SMARTS) is 2. The molecule has 1 atom stereocenters. The molecule has 0 aromatic heterocycles. The second-order valence-corrected chi connectivity index (χ2v) is 2.14. The van der Waals surface area contributed by atoms with E-state index in [1.807, 2.05) is 0 Å². The molecule has 64 valence electrons. The van der Waals surface area contributed by atoms with Crippen LogP contribution in [0, 0.1) is 0 Å². The topological polar surface area (TPSA) is 100 Å². The normalized spacial score (nSPS) is 11.4. The van der Waals surface area contributed by atoms with E-state index in [2.05, 4.69) is 0 Å². The van der Waals surface area contributed by atoms with E-state index in [0.29, 0.717) is 0 Å². The average molecular weight is 184 g/mol. The van der Waals surface area contributed by atoms with Crippen molar-refractivity contribution in [2.24, 2.45) is 0 Å². The Morgan fingerprint density at radius 2 is 1.75 bits per heavy atom. The summed E-state index contributed by atoms with van der Waals surface area (Å²) in [6.45, 7) is 0. The molecule has 0 rings (SSSR count). The molecular weight excluding hydrogens is 176 g/mol. The molecule has 5 nitrogen and oxygen atoms in total. The van der Waals surface area contributed by atoms with Gasteiger partial charge in [-0.3, -0.25) is 0 Å². The molecule has 0 aromatic carbocycles. The summed E-state index contributed by atoms with van der Waals surface area (Å²) in [5, 5.41) is 28.4. The molecule has 0 bridgehead atoms. The maximum absolute atomic E-state index is 9.82. The number of carbonyl (C=O) groups is 2. The van der Waals surface area contributed by atoms with E-state index in [4.69, 9.17) is 5.11 Å². The summed E-state index contributed by atoms with van der Waals surface area (Å²) in [7, 11) is 0. The van der Waals surface area contributed by atoms with E-state index >= 15 is 0 Å². The molecule has 0 aliphatic heterocycles. The van der Waals surface area contributed by atoms with Crippen LogP contribution in [0.4, 0.5) is 0 Å². The van der Waals surface area contributed by atoms with Gasteiger partial charge in [0.1, 0.15) is 0 Å². The van der Waals surface area contributed by atoms with Gasteiger partial charge < -0.3 is 24.9 Å². The maximum Gasteiger partial charge on any atom is 2.00 e. The molecule has 0 aromatic rings. The van der Waals surface area contributed by atoms with Crippen molar-refractivity contribution < 1.29 is 24.9 Å². The van der Waals surface area contributed by atoms with Crippen molar-refractivity contribution in [3.8, 4) is 0 Å². The molecular formula is C6H8MgO5. The van der Waals surface area contributed by atoms with Crippen molar-refractivity contribution in [3.63, 3.8) is 0 Å². The van der Waals surface area contributed by atoms with Crippen LogP contribution in [0.25, 0.3) is 0 Å². The van der Waals surface area contributed by atoms with Crippen LogP contribution in [-0.2, 0) is 9.59 Å². The number of aliphatic hydroxyl groups excluding tert-OH is 1. The van der Waals surface area contributed by atoms with Crippen molar-refractivity contribution in [3.05, 3.63) is 0 Å². The fourth-order valence-electron chi connectivity index (χ4n) is 0.579. The monoisotopic (exact) mass is 184 g/mol. The number of aliphatic carboxylic acids is 2. The van der Waals surface area contributed by atoms with Crippen LogP contribution < -0.4 is 10.2 Å². The van der Waals surface area contributed by atoms with Crippen molar-refractivity contribution in [2.75, 3.05) is 0 Å². The Morgan fingerprint density at radius 3 is 2.08 bits per heavy atom. The number of aliphatic hydroxyl groups is 1. The average Bonchev–Trinajstić information content (AvgIpc) is 1.82. The summed E-state index contributed by atoms with van der Waals surface area (Å²) in [5.74, 6) is -2.70. The summed E-state index contributed by atoms with van der Waals surface area (Å²) in [6.07, 6.45) is -2.14. The summed E-state index contributed by atoms with van der Waals surface area (Å²) in [6, 6.07) is 0. The minimum atomic E-state index is -1.39. The summed E-state index contributed by atoms with van der Waals surface area (Å²) < 4.78 is 0. The zero-order valence-corrected chi connectivity index (χ0v) is 7.90. The second-order valence-electron chi connectivity index (χ2n) is 2.14. The van der Waals surface area contributed by atoms with Gasteiger partial charge in [0.25, 0.3) is 0 Å². The number of carbonyl (C=O) groups excluding carboxylic acids is 2. The first-order chi connectivity index (χ1) is 5.02. The number of carboxylic acids is 2.